The van der Waals surface area contributed by atoms with Crippen LogP contribution in [-0.2, 0) is 19.2 Å². The van der Waals surface area contributed by atoms with Crippen LogP contribution in [-0.4, -0.2) is 65.6 Å². The second-order valence-corrected chi connectivity index (χ2v) is 9.06. The first-order valence-corrected chi connectivity index (χ1v) is 12.7. The Balaban J connectivity index is 0.000000336. The molecule has 1 aromatic rings. The quantitative estimate of drug-likeness (QED) is 0.629. The fourth-order valence-electron chi connectivity index (χ4n) is 4.29. The van der Waals surface area contributed by atoms with Crippen molar-refractivity contribution in [2.75, 3.05) is 20.2 Å². The molecule has 8 nitrogen and oxygen atoms in total. The molecule has 2 unspecified atom stereocenters. The minimum atomic E-state index is -0.494. The Morgan fingerprint density at radius 2 is 1.57 bits per heavy atom. The largest absolute Gasteiger partial charge is 0.497 e. The summed E-state index contributed by atoms with van der Waals surface area (Å²) >= 11 is 0. The van der Waals surface area contributed by atoms with Gasteiger partial charge in [0.05, 0.1) is 7.11 Å². The second-order valence-electron chi connectivity index (χ2n) is 9.06. The maximum atomic E-state index is 12.6. The molecular formula is C27H43N3O5. The van der Waals surface area contributed by atoms with E-state index in [2.05, 4.69) is 0 Å². The number of hydrogen-bond acceptors (Lipinski definition) is 5. The number of primary amides is 1. The van der Waals surface area contributed by atoms with Gasteiger partial charge in [0.1, 0.15) is 23.6 Å². The van der Waals surface area contributed by atoms with Crippen LogP contribution >= 0.6 is 0 Å². The maximum absolute atomic E-state index is 12.6. The highest BCUT2D eigenvalue weighted by atomic mass is 16.5. The van der Waals surface area contributed by atoms with E-state index in [-0.39, 0.29) is 17.6 Å². The number of ether oxygens (including phenoxy) is 1. The van der Waals surface area contributed by atoms with E-state index in [1.54, 1.807) is 23.8 Å². The number of rotatable bonds is 7. The number of carbonyl (C=O) groups excluding carboxylic acids is 4. The molecule has 196 valence electrons. The predicted octanol–water partition coefficient (Wildman–Crippen LogP) is 3.63. The Hall–Kier alpha value is -2.90. The average Bonchev–Trinajstić information content (AvgIpc) is 3.50. The van der Waals surface area contributed by atoms with Crippen LogP contribution in [0.3, 0.4) is 0 Å². The first-order chi connectivity index (χ1) is 16.7. The zero-order chi connectivity index (χ0) is 26.4. The van der Waals surface area contributed by atoms with Crippen molar-refractivity contribution in [3.8, 4) is 5.75 Å². The molecule has 2 aliphatic rings. The molecule has 0 aliphatic carbocycles. The standard InChI is InChI=1S/C14H23N3O3.C8H10O.C5H10O/c1-2-5-12(18)16-8-4-7-11(16)14(20)17-9-3-6-10(17)13(15)19;1-7-4-3-5-8(6-7)9-2;1-3-4-5(2)6/h10-11H,2-9H2,1H3,(H2,15,19);3-6H,1-2H3;3-4H2,1-2H3. The lowest BCUT2D eigenvalue weighted by Crippen LogP contribution is -2.52. The first-order valence-electron chi connectivity index (χ1n) is 12.7. The van der Waals surface area contributed by atoms with Gasteiger partial charge in [0, 0.05) is 25.9 Å². The third-order valence-corrected chi connectivity index (χ3v) is 6.01. The zero-order valence-electron chi connectivity index (χ0n) is 22.0. The van der Waals surface area contributed by atoms with E-state index in [4.69, 9.17) is 10.5 Å². The van der Waals surface area contributed by atoms with Gasteiger partial charge in [-0.3, -0.25) is 14.4 Å². The van der Waals surface area contributed by atoms with Crippen molar-refractivity contribution in [1.29, 1.82) is 0 Å². The van der Waals surface area contributed by atoms with Crippen LogP contribution in [0, 0.1) is 6.92 Å². The normalized spacial score (nSPS) is 18.7. The van der Waals surface area contributed by atoms with Crippen LogP contribution in [0.1, 0.15) is 77.7 Å². The molecule has 2 saturated heterocycles. The summed E-state index contributed by atoms with van der Waals surface area (Å²) in [5.74, 6) is 0.708. The molecule has 0 bridgehead atoms. The van der Waals surface area contributed by atoms with E-state index in [1.165, 1.54) is 5.56 Å². The highest BCUT2D eigenvalue weighted by molar-refractivity contribution is 5.92. The van der Waals surface area contributed by atoms with E-state index >= 15 is 0 Å². The van der Waals surface area contributed by atoms with Gasteiger partial charge in [0.25, 0.3) is 0 Å². The Bertz CT molecular complexity index is 842. The lowest BCUT2D eigenvalue weighted by Gasteiger charge is -2.30. The van der Waals surface area contributed by atoms with E-state index in [9.17, 15) is 19.2 Å². The van der Waals surface area contributed by atoms with Gasteiger partial charge in [-0.2, -0.15) is 0 Å². The number of ketones is 1. The fourth-order valence-corrected chi connectivity index (χ4v) is 4.29. The molecule has 2 atom stereocenters. The Morgan fingerprint density at radius 3 is 2.03 bits per heavy atom. The van der Waals surface area contributed by atoms with Crippen LogP contribution in [0.25, 0.3) is 0 Å². The van der Waals surface area contributed by atoms with Crippen LogP contribution in [0.5, 0.6) is 5.75 Å². The van der Waals surface area contributed by atoms with Crippen LogP contribution in [0.4, 0.5) is 0 Å². The molecule has 2 N–H and O–H groups in total. The van der Waals surface area contributed by atoms with E-state index in [0.29, 0.717) is 32.4 Å². The molecule has 0 saturated carbocycles. The number of nitrogens with zero attached hydrogens (tertiary/aromatic N) is 2. The summed E-state index contributed by atoms with van der Waals surface area (Å²) in [4.78, 5) is 49.4. The van der Waals surface area contributed by atoms with Gasteiger partial charge in [0.2, 0.25) is 17.7 Å². The topological polar surface area (TPSA) is 110 Å². The predicted molar refractivity (Wildman–Crippen MR) is 137 cm³/mol. The van der Waals surface area contributed by atoms with Crippen LogP contribution in [0.2, 0.25) is 0 Å². The van der Waals surface area contributed by atoms with Gasteiger partial charge in [0.15, 0.2) is 0 Å². The number of carbonyl (C=O) groups is 4. The molecule has 0 radical (unpaired) electrons. The Kier molecular flexibility index (Phi) is 13.7. The highest BCUT2D eigenvalue weighted by Crippen LogP contribution is 2.25. The SMILES string of the molecule is CCCC(=O)N1CCCC1C(=O)N1CCCC1C(N)=O.CCCC(C)=O.COc1cccc(C)c1. The van der Waals surface area contributed by atoms with Crippen molar-refractivity contribution >= 4 is 23.5 Å². The summed E-state index contributed by atoms with van der Waals surface area (Å²) in [6.45, 7) is 8.82. The lowest BCUT2D eigenvalue weighted by atomic mass is 10.1. The summed E-state index contributed by atoms with van der Waals surface area (Å²) in [7, 11) is 1.68. The van der Waals surface area contributed by atoms with Gasteiger partial charge in [-0.25, -0.2) is 0 Å². The fraction of sp³-hybridized carbons (Fsp3) is 0.630. The minimum absolute atomic E-state index is 0.0400. The van der Waals surface area contributed by atoms with Crippen LogP contribution < -0.4 is 10.5 Å². The first kappa shape index (κ1) is 30.1. The number of likely N-dealkylation sites (tertiary alicyclic amines) is 2. The van der Waals surface area contributed by atoms with Crippen molar-refractivity contribution in [2.45, 2.75) is 91.1 Å². The summed E-state index contributed by atoms with van der Waals surface area (Å²) in [5, 5.41) is 0. The Labute approximate surface area is 210 Å². The van der Waals surface area contributed by atoms with E-state index < -0.39 is 18.0 Å². The van der Waals surface area contributed by atoms with Crippen molar-refractivity contribution < 1.29 is 23.9 Å². The molecule has 2 fully saturated rings. The van der Waals surface area contributed by atoms with Crippen molar-refractivity contribution in [3.05, 3.63) is 29.8 Å². The third-order valence-electron chi connectivity index (χ3n) is 6.01. The number of hydrogen-bond donors (Lipinski definition) is 1. The van der Waals surface area contributed by atoms with Crippen molar-refractivity contribution in [3.63, 3.8) is 0 Å². The number of benzene rings is 1. The number of amides is 3. The minimum Gasteiger partial charge on any atom is -0.497 e. The van der Waals surface area contributed by atoms with Gasteiger partial charge >= 0.3 is 0 Å². The molecule has 3 rings (SSSR count). The molecule has 0 spiro atoms. The maximum Gasteiger partial charge on any atom is 0.246 e. The van der Waals surface area contributed by atoms with E-state index in [0.717, 1.165) is 37.9 Å². The molecule has 3 amide bonds. The summed E-state index contributed by atoms with van der Waals surface area (Å²) in [6, 6.07) is 7.07. The van der Waals surface area contributed by atoms with Gasteiger partial charge in [-0.1, -0.05) is 26.0 Å². The summed E-state index contributed by atoms with van der Waals surface area (Å²) < 4.78 is 5.00. The van der Waals surface area contributed by atoms with Gasteiger partial charge in [-0.15, -0.1) is 0 Å². The van der Waals surface area contributed by atoms with Crippen molar-refractivity contribution in [2.24, 2.45) is 5.73 Å². The molecule has 35 heavy (non-hydrogen) atoms. The molecule has 0 aromatic heterocycles. The van der Waals surface area contributed by atoms with Crippen molar-refractivity contribution in [1.82, 2.24) is 9.80 Å². The summed E-state index contributed by atoms with van der Waals surface area (Å²) in [5.41, 5.74) is 6.58. The smallest absolute Gasteiger partial charge is 0.246 e. The number of aryl methyl sites for hydroxylation is 1. The molecular weight excluding hydrogens is 446 g/mol. The summed E-state index contributed by atoms with van der Waals surface area (Å²) in [6.07, 6.45) is 5.95. The van der Waals surface area contributed by atoms with Gasteiger partial charge < -0.3 is 25.1 Å². The number of methoxy groups -OCH3 is 1. The molecule has 8 heteroatoms. The second kappa shape index (κ2) is 15.9. The Morgan fingerprint density at radius 1 is 0.971 bits per heavy atom. The average molecular weight is 490 g/mol. The molecule has 2 heterocycles. The molecule has 2 aliphatic heterocycles. The number of Topliss-reactive ketones (excluding diaryl/α,β-unsaturated/α-hetero) is 1. The van der Waals surface area contributed by atoms with Crippen LogP contribution in [0.15, 0.2) is 24.3 Å². The zero-order valence-corrected chi connectivity index (χ0v) is 22.0. The van der Waals surface area contributed by atoms with E-state index in [1.807, 2.05) is 45.0 Å². The molecule has 1 aromatic carbocycles. The monoisotopic (exact) mass is 489 g/mol. The number of nitrogens with two attached hydrogens (primary N) is 1. The third kappa shape index (κ3) is 10.1. The van der Waals surface area contributed by atoms with Gasteiger partial charge in [-0.05, 0) is 70.1 Å². The highest BCUT2D eigenvalue weighted by Gasteiger charge is 2.41. The lowest BCUT2D eigenvalue weighted by molar-refractivity contribution is -0.146.